The molecule has 20 heavy (non-hydrogen) atoms. The van der Waals surface area contributed by atoms with E-state index in [0.29, 0.717) is 0 Å². The van der Waals surface area contributed by atoms with Crippen molar-refractivity contribution in [2.45, 2.75) is 65.7 Å². The summed E-state index contributed by atoms with van der Waals surface area (Å²) < 4.78 is 0. The molecule has 1 nitrogen and oxygen atoms in total. The molecule has 0 saturated carbocycles. The molecule has 0 amide bonds. The van der Waals surface area contributed by atoms with Crippen molar-refractivity contribution in [1.29, 1.82) is 0 Å². The van der Waals surface area contributed by atoms with Crippen molar-refractivity contribution in [2.24, 2.45) is 5.92 Å². The molecule has 0 fully saturated rings. The van der Waals surface area contributed by atoms with E-state index < -0.39 is 0 Å². The zero-order valence-electron chi connectivity index (χ0n) is 14.1. The third kappa shape index (κ3) is 6.09. The highest BCUT2D eigenvalue weighted by atomic mass is 14.8. The van der Waals surface area contributed by atoms with Crippen molar-refractivity contribution in [2.75, 3.05) is 13.1 Å². The molecular formula is C19H33N. The maximum atomic E-state index is 3.55. The Morgan fingerprint density at radius 3 is 2.30 bits per heavy atom. The molecule has 0 aliphatic rings. The first-order valence-corrected chi connectivity index (χ1v) is 8.26. The van der Waals surface area contributed by atoms with Crippen molar-refractivity contribution >= 4 is 0 Å². The maximum absolute atomic E-state index is 3.55. The van der Waals surface area contributed by atoms with E-state index in [-0.39, 0.29) is 5.41 Å². The Kier molecular flexibility index (Phi) is 7.29. The van der Waals surface area contributed by atoms with Gasteiger partial charge in [0.15, 0.2) is 0 Å². The van der Waals surface area contributed by atoms with Crippen LogP contribution >= 0.6 is 0 Å². The molecule has 0 aliphatic carbocycles. The molecule has 0 heterocycles. The van der Waals surface area contributed by atoms with E-state index in [1.54, 1.807) is 0 Å². The van der Waals surface area contributed by atoms with Crippen LogP contribution < -0.4 is 5.32 Å². The topological polar surface area (TPSA) is 12.0 Å². The summed E-state index contributed by atoms with van der Waals surface area (Å²) in [6.45, 7) is 13.7. The van der Waals surface area contributed by atoms with Crippen LogP contribution in [-0.4, -0.2) is 13.1 Å². The second-order valence-corrected chi connectivity index (χ2v) is 7.03. The highest BCUT2D eigenvalue weighted by Crippen LogP contribution is 2.27. The summed E-state index contributed by atoms with van der Waals surface area (Å²) in [5, 5.41) is 3.55. The first kappa shape index (κ1) is 17.2. The average Bonchev–Trinajstić information content (AvgIpc) is 2.42. The first-order chi connectivity index (χ1) is 9.45. The molecule has 0 atom stereocenters. The molecule has 0 aromatic heterocycles. The predicted octanol–water partition coefficient (Wildman–Crippen LogP) is 4.94. The molecule has 0 bridgehead atoms. The van der Waals surface area contributed by atoms with Gasteiger partial charge in [-0.25, -0.2) is 0 Å². The van der Waals surface area contributed by atoms with Gasteiger partial charge >= 0.3 is 0 Å². The van der Waals surface area contributed by atoms with E-state index >= 15 is 0 Å². The molecular weight excluding hydrogens is 242 g/mol. The van der Waals surface area contributed by atoms with Crippen LogP contribution in [0.2, 0.25) is 0 Å². The zero-order chi connectivity index (χ0) is 15.0. The zero-order valence-corrected chi connectivity index (χ0v) is 14.1. The lowest BCUT2D eigenvalue weighted by Crippen LogP contribution is -2.27. The van der Waals surface area contributed by atoms with E-state index in [9.17, 15) is 0 Å². The van der Waals surface area contributed by atoms with Gasteiger partial charge in [-0.15, -0.1) is 0 Å². The van der Waals surface area contributed by atoms with Gasteiger partial charge in [-0.3, -0.25) is 0 Å². The first-order valence-electron chi connectivity index (χ1n) is 8.26. The van der Waals surface area contributed by atoms with E-state index in [2.05, 4.69) is 64.2 Å². The van der Waals surface area contributed by atoms with Gasteiger partial charge in [0.25, 0.3) is 0 Å². The van der Waals surface area contributed by atoms with Gasteiger partial charge in [0.2, 0.25) is 0 Å². The molecule has 1 aromatic rings. The van der Waals surface area contributed by atoms with Crippen LogP contribution in [-0.2, 0) is 11.8 Å². The lowest BCUT2D eigenvalue weighted by molar-refractivity contribution is 0.442. The minimum atomic E-state index is 0.257. The molecule has 0 unspecified atom stereocenters. The minimum Gasteiger partial charge on any atom is -0.316 e. The summed E-state index contributed by atoms with van der Waals surface area (Å²) in [6.07, 6.45) is 4.97. The fraction of sp³-hybridized carbons (Fsp3) is 0.684. The van der Waals surface area contributed by atoms with Gasteiger partial charge in [-0.2, -0.15) is 0 Å². The van der Waals surface area contributed by atoms with E-state index in [4.69, 9.17) is 0 Å². The fourth-order valence-corrected chi connectivity index (χ4v) is 2.44. The van der Waals surface area contributed by atoms with Crippen LogP contribution in [0.3, 0.4) is 0 Å². The minimum absolute atomic E-state index is 0.257. The van der Waals surface area contributed by atoms with Gasteiger partial charge in [0.05, 0.1) is 0 Å². The number of rotatable bonds is 9. The van der Waals surface area contributed by atoms with E-state index in [1.807, 2.05) is 0 Å². The Hall–Kier alpha value is -0.820. The van der Waals surface area contributed by atoms with Gasteiger partial charge in [0.1, 0.15) is 0 Å². The summed E-state index contributed by atoms with van der Waals surface area (Å²) in [4.78, 5) is 0. The highest BCUT2D eigenvalue weighted by Gasteiger charge is 2.19. The number of hydrogen-bond acceptors (Lipinski definition) is 1. The number of nitrogens with one attached hydrogen (secondary N) is 1. The molecule has 114 valence electrons. The lowest BCUT2D eigenvalue weighted by atomic mass is 9.81. The number of aryl methyl sites for hydroxylation is 1. The van der Waals surface area contributed by atoms with Gasteiger partial charge in [-0.1, -0.05) is 65.3 Å². The molecule has 1 aromatic carbocycles. The molecule has 0 aliphatic heterocycles. The summed E-state index contributed by atoms with van der Waals surface area (Å²) in [6, 6.07) is 9.28. The van der Waals surface area contributed by atoms with Crippen LogP contribution in [0.5, 0.6) is 0 Å². The average molecular weight is 275 g/mol. The molecule has 0 spiro atoms. The third-order valence-electron chi connectivity index (χ3n) is 4.03. The molecule has 0 saturated heterocycles. The molecule has 1 heteroatoms. The van der Waals surface area contributed by atoms with Gasteiger partial charge < -0.3 is 5.32 Å². The van der Waals surface area contributed by atoms with Crippen LogP contribution in [0.1, 0.15) is 65.0 Å². The Bertz CT molecular complexity index is 362. The van der Waals surface area contributed by atoms with Crippen molar-refractivity contribution in [1.82, 2.24) is 5.32 Å². The quantitative estimate of drug-likeness (QED) is 0.629. The maximum Gasteiger partial charge on any atom is -0.00258 e. The summed E-state index contributed by atoms with van der Waals surface area (Å²) in [7, 11) is 0. The van der Waals surface area contributed by atoms with Crippen molar-refractivity contribution in [3.8, 4) is 0 Å². The SMILES string of the molecule is CCCCc1ccc(C(C)(C)CCNCC(C)C)cc1. The van der Waals surface area contributed by atoms with Gasteiger partial charge in [-0.05, 0) is 54.8 Å². The largest absolute Gasteiger partial charge is 0.316 e. The smallest absolute Gasteiger partial charge is 0.00258 e. The Balaban J connectivity index is 2.49. The highest BCUT2D eigenvalue weighted by molar-refractivity contribution is 5.28. The van der Waals surface area contributed by atoms with Crippen LogP contribution in [0.25, 0.3) is 0 Å². The van der Waals surface area contributed by atoms with Crippen molar-refractivity contribution < 1.29 is 0 Å². The predicted molar refractivity (Wildman–Crippen MR) is 90.4 cm³/mol. The summed E-state index contributed by atoms with van der Waals surface area (Å²) in [5.74, 6) is 0.732. The van der Waals surface area contributed by atoms with Crippen molar-refractivity contribution in [3.05, 3.63) is 35.4 Å². The standard InChI is InChI=1S/C19H33N/c1-6-7-8-17-9-11-18(12-10-17)19(4,5)13-14-20-15-16(2)3/h9-12,16,20H,6-8,13-15H2,1-5H3. The molecule has 1 rings (SSSR count). The normalized spacial score (nSPS) is 12.1. The van der Waals surface area contributed by atoms with Gasteiger partial charge in [0, 0.05) is 0 Å². The number of unbranched alkanes of at least 4 members (excludes halogenated alkanes) is 1. The van der Waals surface area contributed by atoms with Crippen molar-refractivity contribution in [3.63, 3.8) is 0 Å². The van der Waals surface area contributed by atoms with E-state index in [0.717, 1.165) is 19.0 Å². The third-order valence-corrected chi connectivity index (χ3v) is 4.03. The Morgan fingerprint density at radius 1 is 1.10 bits per heavy atom. The Labute approximate surface area is 126 Å². The lowest BCUT2D eigenvalue weighted by Gasteiger charge is -2.26. The molecule has 0 radical (unpaired) electrons. The molecule has 1 N–H and O–H groups in total. The summed E-state index contributed by atoms with van der Waals surface area (Å²) >= 11 is 0. The number of benzene rings is 1. The fourth-order valence-electron chi connectivity index (χ4n) is 2.44. The Morgan fingerprint density at radius 2 is 1.75 bits per heavy atom. The second kappa shape index (κ2) is 8.46. The summed E-state index contributed by atoms with van der Waals surface area (Å²) in [5.41, 5.74) is 3.20. The van der Waals surface area contributed by atoms with Crippen LogP contribution in [0.15, 0.2) is 24.3 Å². The number of hydrogen-bond donors (Lipinski definition) is 1. The van der Waals surface area contributed by atoms with Crippen LogP contribution in [0, 0.1) is 5.92 Å². The monoisotopic (exact) mass is 275 g/mol. The van der Waals surface area contributed by atoms with E-state index in [1.165, 1.54) is 36.8 Å². The van der Waals surface area contributed by atoms with Crippen LogP contribution in [0.4, 0.5) is 0 Å². The second-order valence-electron chi connectivity index (χ2n) is 7.03.